The molecule has 0 aliphatic rings. The number of rotatable bonds is 6. The van der Waals surface area contributed by atoms with Gasteiger partial charge >= 0.3 is 0 Å². The standard InChI is InChI=1S/C58H36N2O2/c1-2-14-46-38(11-1)27-34-51-57-45(18-10-22-55(57)62-58(46)51)39-25-31-42(32-26-39)59(41-29-23-37(24-30-41)40-28-33-50-49-17-5-8-21-54(49)61-56(50)35-40)43-12-9-13-44(36-43)60-52-19-6-3-15-47(52)48-16-4-7-20-53(48)60/h1-36H. The van der Waals surface area contributed by atoms with Crippen LogP contribution in [0.15, 0.2) is 227 Å². The average molecular weight is 793 g/mol. The van der Waals surface area contributed by atoms with E-state index in [0.717, 1.165) is 94.3 Å². The van der Waals surface area contributed by atoms with Gasteiger partial charge in [0.2, 0.25) is 0 Å². The Balaban J connectivity index is 0.942. The lowest BCUT2D eigenvalue weighted by atomic mass is 9.98. The molecule has 3 aromatic heterocycles. The van der Waals surface area contributed by atoms with Crippen molar-refractivity contribution in [2.24, 2.45) is 0 Å². The Labute approximate surface area is 356 Å². The molecule has 62 heavy (non-hydrogen) atoms. The summed E-state index contributed by atoms with van der Waals surface area (Å²) in [5, 5.41) is 9.31. The summed E-state index contributed by atoms with van der Waals surface area (Å²) >= 11 is 0. The van der Waals surface area contributed by atoms with Crippen LogP contribution >= 0.6 is 0 Å². The number of para-hydroxylation sites is 3. The zero-order chi connectivity index (χ0) is 40.7. The molecule has 0 amide bonds. The van der Waals surface area contributed by atoms with Gasteiger partial charge in [-0.1, -0.05) is 133 Å². The van der Waals surface area contributed by atoms with Gasteiger partial charge in [-0.3, -0.25) is 0 Å². The monoisotopic (exact) mass is 792 g/mol. The van der Waals surface area contributed by atoms with E-state index in [9.17, 15) is 0 Å². The molecule has 0 N–H and O–H groups in total. The van der Waals surface area contributed by atoms with E-state index in [1.165, 1.54) is 27.2 Å². The summed E-state index contributed by atoms with van der Waals surface area (Å²) < 4.78 is 15.2. The van der Waals surface area contributed by atoms with E-state index in [0.29, 0.717) is 0 Å². The highest BCUT2D eigenvalue weighted by Crippen LogP contribution is 2.43. The highest BCUT2D eigenvalue weighted by atomic mass is 16.3. The number of furan rings is 2. The van der Waals surface area contributed by atoms with E-state index < -0.39 is 0 Å². The molecule has 10 aromatic carbocycles. The Bertz CT molecular complexity index is 3810. The fraction of sp³-hybridized carbons (Fsp3) is 0. The van der Waals surface area contributed by atoms with E-state index >= 15 is 0 Å². The normalized spacial score (nSPS) is 11.9. The topological polar surface area (TPSA) is 34.5 Å². The van der Waals surface area contributed by atoms with Crippen molar-refractivity contribution >= 4 is 93.5 Å². The maximum atomic E-state index is 6.56. The molecule has 0 saturated carbocycles. The summed E-state index contributed by atoms with van der Waals surface area (Å²) in [6.07, 6.45) is 0. The Kier molecular flexibility index (Phi) is 7.57. The molecule has 0 aliphatic heterocycles. The van der Waals surface area contributed by atoms with E-state index in [-0.39, 0.29) is 0 Å². The second-order valence-electron chi connectivity index (χ2n) is 16.1. The van der Waals surface area contributed by atoms with Gasteiger partial charge in [-0.25, -0.2) is 0 Å². The molecule has 0 radical (unpaired) electrons. The van der Waals surface area contributed by atoms with Crippen LogP contribution in [0.25, 0.3) is 104 Å². The van der Waals surface area contributed by atoms with Crippen LogP contribution in [-0.4, -0.2) is 4.57 Å². The Morgan fingerprint density at radius 1 is 0.339 bits per heavy atom. The number of aromatic nitrogens is 1. The Morgan fingerprint density at radius 2 is 0.935 bits per heavy atom. The zero-order valence-corrected chi connectivity index (χ0v) is 33.5. The first-order valence-corrected chi connectivity index (χ1v) is 21.1. The lowest BCUT2D eigenvalue weighted by Gasteiger charge is -2.26. The summed E-state index contributed by atoms with van der Waals surface area (Å²) in [5.74, 6) is 0. The number of fused-ring (bicyclic) bond motifs is 11. The molecule has 0 fully saturated rings. The second-order valence-corrected chi connectivity index (χ2v) is 16.1. The smallest absolute Gasteiger partial charge is 0.143 e. The third-order valence-electron chi connectivity index (χ3n) is 12.6. The number of nitrogens with zero attached hydrogens (tertiary/aromatic N) is 2. The van der Waals surface area contributed by atoms with Gasteiger partial charge in [-0.05, 0) is 113 Å². The molecule has 0 spiro atoms. The molecule has 290 valence electrons. The van der Waals surface area contributed by atoms with Crippen molar-refractivity contribution in [2.45, 2.75) is 0 Å². The lowest BCUT2D eigenvalue weighted by Crippen LogP contribution is -2.10. The number of benzene rings is 10. The predicted molar refractivity (Wildman–Crippen MR) is 258 cm³/mol. The highest BCUT2D eigenvalue weighted by Gasteiger charge is 2.19. The van der Waals surface area contributed by atoms with E-state index in [2.05, 4.69) is 216 Å². The Hall–Kier alpha value is -8.34. The summed E-state index contributed by atoms with van der Waals surface area (Å²) in [6.45, 7) is 0. The number of hydrogen-bond acceptors (Lipinski definition) is 3. The van der Waals surface area contributed by atoms with Crippen LogP contribution in [0.4, 0.5) is 17.1 Å². The molecule has 0 saturated heterocycles. The Morgan fingerprint density at radius 3 is 1.71 bits per heavy atom. The van der Waals surface area contributed by atoms with Crippen molar-refractivity contribution in [3.8, 4) is 27.9 Å². The maximum absolute atomic E-state index is 6.56. The first-order chi connectivity index (χ1) is 30.7. The average Bonchev–Trinajstić information content (AvgIpc) is 4.02. The molecular weight excluding hydrogens is 757 g/mol. The summed E-state index contributed by atoms with van der Waals surface area (Å²) in [7, 11) is 0. The van der Waals surface area contributed by atoms with Crippen molar-refractivity contribution in [3.05, 3.63) is 218 Å². The number of anilines is 3. The molecule has 0 unspecified atom stereocenters. The van der Waals surface area contributed by atoms with Crippen LogP contribution in [0.1, 0.15) is 0 Å². The third-order valence-corrected chi connectivity index (χ3v) is 12.6. The van der Waals surface area contributed by atoms with Crippen molar-refractivity contribution in [1.29, 1.82) is 0 Å². The predicted octanol–water partition coefficient (Wildman–Crippen LogP) is 16.5. The molecule has 3 heterocycles. The third kappa shape index (κ3) is 5.33. The van der Waals surface area contributed by atoms with Gasteiger partial charge in [0, 0.05) is 60.5 Å². The quantitative estimate of drug-likeness (QED) is 0.168. The van der Waals surface area contributed by atoms with E-state index in [1.54, 1.807) is 0 Å². The summed E-state index contributed by atoms with van der Waals surface area (Å²) in [4.78, 5) is 2.35. The van der Waals surface area contributed by atoms with Gasteiger partial charge in [-0.2, -0.15) is 0 Å². The molecule has 4 nitrogen and oxygen atoms in total. The SMILES string of the molecule is c1cc(N(c2ccc(-c3ccc4c(c3)oc3ccccc34)cc2)c2ccc(-c3cccc4oc5c6ccccc6ccc5c34)cc2)cc(-n2c3ccccc3c3ccccc32)c1. The van der Waals surface area contributed by atoms with Gasteiger partial charge in [-0.15, -0.1) is 0 Å². The molecule has 0 atom stereocenters. The summed E-state index contributed by atoms with van der Waals surface area (Å²) in [5.41, 5.74) is 14.8. The lowest BCUT2D eigenvalue weighted by molar-refractivity contribution is 0.669. The molecule has 13 rings (SSSR count). The van der Waals surface area contributed by atoms with Gasteiger partial charge < -0.3 is 18.3 Å². The van der Waals surface area contributed by atoms with Crippen molar-refractivity contribution in [3.63, 3.8) is 0 Å². The number of hydrogen-bond donors (Lipinski definition) is 0. The first kappa shape index (κ1) is 34.5. The molecule has 4 heteroatoms. The van der Waals surface area contributed by atoms with Crippen LogP contribution in [0.2, 0.25) is 0 Å². The van der Waals surface area contributed by atoms with E-state index in [4.69, 9.17) is 8.83 Å². The van der Waals surface area contributed by atoms with Crippen LogP contribution in [0.3, 0.4) is 0 Å². The van der Waals surface area contributed by atoms with E-state index in [1.807, 2.05) is 12.1 Å². The van der Waals surface area contributed by atoms with Gasteiger partial charge in [0.15, 0.2) is 0 Å². The highest BCUT2D eigenvalue weighted by molar-refractivity contribution is 6.19. The van der Waals surface area contributed by atoms with Crippen molar-refractivity contribution < 1.29 is 8.83 Å². The molecule has 13 aromatic rings. The summed E-state index contributed by atoms with van der Waals surface area (Å²) in [6, 6.07) is 78.0. The van der Waals surface area contributed by atoms with Crippen LogP contribution < -0.4 is 4.90 Å². The molecular formula is C58H36N2O2. The minimum Gasteiger partial charge on any atom is -0.456 e. The fourth-order valence-electron chi connectivity index (χ4n) is 9.71. The second kappa shape index (κ2) is 13.6. The van der Waals surface area contributed by atoms with Crippen LogP contribution in [0.5, 0.6) is 0 Å². The van der Waals surface area contributed by atoms with Crippen LogP contribution in [0, 0.1) is 0 Å². The molecule has 0 aliphatic carbocycles. The van der Waals surface area contributed by atoms with Gasteiger partial charge in [0.1, 0.15) is 22.3 Å². The minimum atomic E-state index is 0.890. The fourth-order valence-corrected chi connectivity index (χ4v) is 9.71. The largest absolute Gasteiger partial charge is 0.456 e. The van der Waals surface area contributed by atoms with Gasteiger partial charge in [0.05, 0.1) is 11.0 Å². The maximum Gasteiger partial charge on any atom is 0.143 e. The molecule has 0 bridgehead atoms. The van der Waals surface area contributed by atoms with Crippen molar-refractivity contribution in [2.75, 3.05) is 4.90 Å². The first-order valence-electron chi connectivity index (χ1n) is 21.1. The van der Waals surface area contributed by atoms with Crippen molar-refractivity contribution in [1.82, 2.24) is 4.57 Å². The minimum absolute atomic E-state index is 0.890. The van der Waals surface area contributed by atoms with Crippen LogP contribution in [-0.2, 0) is 0 Å². The zero-order valence-electron chi connectivity index (χ0n) is 33.5. The van der Waals surface area contributed by atoms with Gasteiger partial charge in [0.25, 0.3) is 0 Å².